The number of nitrogen functional groups attached to an aromatic ring is 1. The Morgan fingerprint density at radius 2 is 2.18 bits per heavy atom. The molecule has 0 unspecified atom stereocenters. The minimum Gasteiger partial charge on any atom is -0.397 e. The summed E-state index contributed by atoms with van der Waals surface area (Å²) in [7, 11) is 0. The van der Waals surface area contributed by atoms with E-state index in [0.717, 1.165) is 0 Å². The molecule has 1 aromatic rings. The molecule has 0 radical (unpaired) electrons. The van der Waals surface area contributed by atoms with Gasteiger partial charge in [-0.2, -0.15) is 0 Å². The van der Waals surface area contributed by atoms with Crippen LogP contribution in [-0.4, -0.2) is 16.4 Å². The number of nitrogens with two attached hydrogens (primary N) is 2. The summed E-state index contributed by atoms with van der Waals surface area (Å²) >= 11 is 0. The first-order valence-electron chi connectivity index (χ1n) is 5.73. The SMILES string of the molecule is CC(C)(Nc1cc(C(N)=O)c(N)cn1)C1CC1. The molecule has 1 amide bonds. The highest BCUT2D eigenvalue weighted by Gasteiger charge is 2.37. The van der Waals surface area contributed by atoms with E-state index < -0.39 is 5.91 Å². The van der Waals surface area contributed by atoms with Crippen molar-refractivity contribution in [3.63, 3.8) is 0 Å². The number of carbonyl (C=O) groups is 1. The number of nitrogens with one attached hydrogen (secondary N) is 1. The number of aromatic nitrogens is 1. The Morgan fingerprint density at radius 1 is 1.53 bits per heavy atom. The van der Waals surface area contributed by atoms with Crippen LogP contribution in [0, 0.1) is 5.92 Å². The first-order chi connectivity index (χ1) is 7.90. The van der Waals surface area contributed by atoms with Crippen molar-refractivity contribution in [2.75, 3.05) is 11.1 Å². The molecule has 5 nitrogen and oxygen atoms in total. The molecule has 1 aliphatic rings. The summed E-state index contributed by atoms with van der Waals surface area (Å²) in [6, 6.07) is 1.61. The number of rotatable bonds is 4. The van der Waals surface area contributed by atoms with Gasteiger partial charge in [0.2, 0.25) is 0 Å². The first-order valence-corrected chi connectivity index (χ1v) is 5.73. The fourth-order valence-electron chi connectivity index (χ4n) is 1.98. The number of primary amides is 1. The van der Waals surface area contributed by atoms with Gasteiger partial charge >= 0.3 is 0 Å². The molecule has 5 N–H and O–H groups in total. The molecule has 1 heterocycles. The van der Waals surface area contributed by atoms with E-state index in [9.17, 15) is 4.79 Å². The third-order valence-electron chi connectivity index (χ3n) is 3.25. The molecule has 0 aromatic carbocycles. The average molecular weight is 234 g/mol. The molecule has 5 heteroatoms. The summed E-state index contributed by atoms with van der Waals surface area (Å²) in [6.45, 7) is 4.26. The molecule has 0 aliphatic heterocycles. The van der Waals surface area contributed by atoms with E-state index in [1.54, 1.807) is 6.07 Å². The zero-order valence-corrected chi connectivity index (χ0v) is 10.2. The molecule has 0 atom stereocenters. The van der Waals surface area contributed by atoms with E-state index in [4.69, 9.17) is 11.5 Å². The number of hydrogen-bond donors (Lipinski definition) is 3. The fraction of sp³-hybridized carbons (Fsp3) is 0.500. The zero-order chi connectivity index (χ0) is 12.6. The van der Waals surface area contributed by atoms with E-state index in [-0.39, 0.29) is 5.54 Å². The molecule has 1 saturated carbocycles. The van der Waals surface area contributed by atoms with Gasteiger partial charge in [0.15, 0.2) is 0 Å². The van der Waals surface area contributed by atoms with Crippen LogP contribution >= 0.6 is 0 Å². The highest BCUT2D eigenvalue weighted by atomic mass is 16.1. The molecule has 0 spiro atoms. The summed E-state index contributed by atoms with van der Waals surface area (Å²) in [5, 5.41) is 3.33. The summed E-state index contributed by atoms with van der Waals surface area (Å²) < 4.78 is 0. The normalized spacial score (nSPS) is 15.6. The number of nitrogens with zero attached hydrogens (tertiary/aromatic N) is 1. The Labute approximate surface area is 101 Å². The maximum Gasteiger partial charge on any atom is 0.250 e. The number of anilines is 2. The van der Waals surface area contributed by atoms with Crippen LogP contribution in [-0.2, 0) is 0 Å². The zero-order valence-electron chi connectivity index (χ0n) is 10.2. The van der Waals surface area contributed by atoms with Crippen molar-refractivity contribution in [1.29, 1.82) is 0 Å². The minimum atomic E-state index is -0.530. The predicted molar refractivity (Wildman–Crippen MR) is 67.6 cm³/mol. The third-order valence-corrected chi connectivity index (χ3v) is 3.25. The second-order valence-corrected chi connectivity index (χ2v) is 5.14. The van der Waals surface area contributed by atoms with Crippen LogP contribution in [0.15, 0.2) is 12.3 Å². The monoisotopic (exact) mass is 234 g/mol. The van der Waals surface area contributed by atoms with Gasteiger partial charge in [0, 0.05) is 5.54 Å². The first kappa shape index (κ1) is 11.7. The van der Waals surface area contributed by atoms with Gasteiger partial charge in [0.05, 0.1) is 17.4 Å². The largest absolute Gasteiger partial charge is 0.397 e. The summed E-state index contributed by atoms with van der Waals surface area (Å²) in [6.07, 6.45) is 3.93. The lowest BCUT2D eigenvalue weighted by molar-refractivity contribution is 0.100. The highest BCUT2D eigenvalue weighted by molar-refractivity contribution is 5.98. The van der Waals surface area contributed by atoms with Gasteiger partial charge in [-0.1, -0.05) is 0 Å². The van der Waals surface area contributed by atoms with Gasteiger partial charge < -0.3 is 16.8 Å². The molecule has 1 aromatic heterocycles. The quantitative estimate of drug-likeness (QED) is 0.733. The van der Waals surface area contributed by atoms with Crippen LogP contribution in [0.4, 0.5) is 11.5 Å². The lowest BCUT2D eigenvalue weighted by Gasteiger charge is -2.27. The second-order valence-electron chi connectivity index (χ2n) is 5.14. The van der Waals surface area contributed by atoms with Crippen LogP contribution in [0.25, 0.3) is 0 Å². The molecule has 0 bridgehead atoms. The molecule has 1 aliphatic carbocycles. The van der Waals surface area contributed by atoms with Gasteiger partial charge in [0.1, 0.15) is 5.82 Å². The Hall–Kier alpha value is -1.78. The Morgan fingerprint density at radius 3 is 2.71 bits per heavy atom. The van der Waals surface area contributed by atoms with Crippen LogP contribution in [0.1, 0.15) is 37.0 Å². The molecule has 2 rings (SSSR count). The van der Waals surface area contributed by atoms with Crippen molar-refractivity contribution in [1.82, 2.24) is 4.98 Å². The smallest absolute Gasteiger partial charge is 0.250 e. The van der Waals surface area contributed by atoms with Gasteiger partial charge in [-0.15, -0.1) is 0 Å². The number of amides is 1. The van der Waals surface area contributed by atoms with Crippen molar-refractivity contribution in [3.05, 3.63) is 17.8 Å². The van der Waals surface area contributed by atoms with Crippen LogP contribution < -0.4 is 16.8 Å². The molecular weight excluding hydrogens is 216 g/mol. The molecule has 0 saturated heterocycles. The Bertz CT molecular complexity index is 452. The van der Waals surface area contributed by atoms with Gasteiger partial charge in [0.25, 0.3) is 5.91 Å². The Balaban J connectivity index is 2.21. The van der Waals surface area contributed by atoms with E-state index in [1.165, 1.54) is 19.0 Å². The summed E-state index contributed by atoms with van der Waals surface area (Å²) in [5.74, 6) is 0.779. The van der Waals surface area contributed by atoms with Crippen LogP contribution in [0.3, 0.4) is 0 Å². The summed E-state index contributed by atoms with van der Waals surface area (Å²) in [4.78, 5) is 15.3. The fourth-order valence-corrected chi connectivity index (χ4v) is 1.98. The standard InChI is InChI=1S/C12H18N4O/c1-12(2,7-3-4-7)16-10-5-8(11(14)17)9(13)6-15-10/h5-7H,3-4,13H2,1-2H3,(H2,14,17)(H,15,16). The number of hydrogen-bond acceptors (Lipinski definition) is 4. The molecule has 92 valence electrons. The van der Waals surface area contributed by atoms with Gasteiger partial charge in [-0.05, 0) is 38.7 Å². The maximum absolute atomic E-state index is 11.2. The second kappa shape index (κ2) is 3.91. The van der Waals surface area contributed by atoms with Gasteiger partial charge in [-0.3, -0.25) is 4.79 Å². The van der Waals surface area contributed by atoms with E-state index >= 15 is 0 Å². The van der Waals surface area contributed by atoms with E-state index in [0.29, 0.717) is 23.0 Å². The van der Waals surface area contributed by atoms with Crippen LogP contribution in [0.5, 0.6) is 0 Å². The average Bonchev–Trinajstić information content (AvgIpc) is 3.03. The Kier molecular flexibility index (Phi) is 2.69. The number of carbonyl (C=O) groups excluding carboxylic acids is 1. The molecular formula is C12H18N4O. The van der Waals surface area contributed by atoms with Crippen molar-refractivity contribution in [2.45, 2.75) is 32.2 Å². The van der Waals surface area contributed by atoms with E-state index in [2.05, 4.69) is 24.1 Å². The van der Waals surface area contributed by atoms with Gasteiger partial charge in [-0.25, -0.2) is 4.98 Å². The number of pyridine rings is 1. The highest BCUT2D eigenvalue weighted by Crippen LogP contribution is 2.40. The topological polar surface area (TPSA) is 94.0 Å². The van der Waals surface area contributed by atoms with Crippen molar-refractivity contribution >= 4 is 17.4 Å². The van der Waals surface area contributed by atoms with Crippen molar-refractivity contribution < 1.29 is 4.79 Å². The van der Waals surface area contributed by atoms with E-state index in [1.807, 2.05) is 0 Å². The lowest BCUT2D eigenvalue weighted by Crippen LogP contribution is -2.33. The minimum absolute atomic E-state index is 0.0158. The molecule has 1 fully saturated rings. The molecule has 17 heavy (non-hydrogen) atoms. The van der Waals surface area contributed by atoms with Crippen LogP contribution in [0.2, 0.25) is 0 Å². The summed E-state index contributed by atoms with van der Waals surface area (Å²) in [5.41, 5.74) is 11.5. The maximum atomic E-state index is 11.2. The third kappa shape index (κ3) is 2.49. The lowest BCUT2D eigenvalue weighted by atomic mass is 9.99. The predicted octanol–water partition coefficient (Wildman–Crippen LogP) is 1.36. The van der Waals surface area contributed by atoms with Crippen molar-refractivity contribution in [2.24, 2.45) is 11.7 Å². The van der Waals surface area contributed by atoms with Crippen molar-refractivity contribution in [3.8, 4) is 0 Å².